The third-order valence-corrected chi connectivity index (χ3v) is 4.22. The quantitative estimate of drug-likeness (QED) is 0.712. The summed E-state index contributed by atoms with van der Waals surface area (Å²) in [6.07, 6.45) is 2.67. The second-order valence-electron chi connectivity index (χ2n) is 6.33. The lowest BCUT2D eigenvalue weighted by atomic mass is 10.1. The Balaban J connectivity index is 1.48. The van der Waals surface area contributed by atoms with Crippen LogP contribution < -0.4 is 10.6 Å². The molecular formula is C20H20N2O4. The Bertz CT molecular complexity index is 809. The molecule has 0 spiro atoms. The highest BCUT2D eigenvalue weighted by atomic mass is 16.4. The van der Waals surface area contributed by atoms with Gasteiger partial charge in [0.15, 0.2) is 0 Å². The summed E-state index contributed by atoms with van der Waals surface area (Å²) in [7, 11) is 0. The van der Waals surface area contributed by atoms with Crippen LogP contribution in [-0.2, 0) is 6.42 Å². The van der Waals surface area contributed by atoms with Crippen molar-refractivity contribution in [1.29, 1.82) is 0 Å². The average Bonchev–Trinajstić information content (AvgIpc) is 3.46. The van der Waals surface area contributed by atoms with Crippen LogP contribution in [0.25, 0.3) is 0 Å². The summed E-state index contributed by atoms with van der Waals surface area (Å²) in [5, 5.41) is 14.6. The second kappa shape index (κ2) is 7.82. The predicted molar refractivity (Wildman–Crippen MR) is 96.4 cm³/mol. The van der Waals surface area contributed by atoms with Gasteiger partial charge in [0, 0.05) is 23.7 Å². The summed E-state index contributed by atoms with van der Waals surface area (Å²) < 4.78 is 0. The lowest BCUT2D eigenvalue weighted by Gasteiger charge is -2.07. The molecule has 0 bridgehead atoms. The first-order valence-electron chi connectivity index (χ1n) is 8.54. The van der Waals surface area contributed by atoms with E-state index in [1.807, 2.05) is 0 Å². The summed E-state index contributed by atoms with van der Waals surface area (Å²) >= 11 is 0. The van der Waals surface area contributed by atoms with E-state index in [2.05, 4.69) is 10.6 Å². The molecule has 0 unspecified atom stereocenters. The van der Waals surface area contributed by atoms with Gasteiger partial charge in [0.05, 0.1) is 5.56 Å². The van der Waals surface area contributed by atoms with E-state index in [0.29, 0.717) is 30.1 Å². The maximum Gasteiger partial charge on any atom is 0.335 e. The van der Waals surface area contributed by atoms with Gasteiger partial charge in [-0.25, -0.2) is 4.79 Å². The molecule has 0 saturated heterocycles. The minimum atomic E-state index is -0.959. The minimum Gasteiger partial charge on any atom is -0.478 e. The van der Waals surface area contributed by atoms with E-state index in [9.17, 15) is 14.4 Å². The van der Waals surface area contributed by atoms with E-state index >= 15 is 0 Å². The monoisotopic (exact) mass is 352 g/mol. The van der Waals surface area contributed by atoms with Crippen LogP contribution >= 0.6 is 0 Å². The van der Waals surface area contributed by atoms with Crippen molar-refractivity contribution in [3.05, 3.63) is 70.8 Å². The molecule has 134 valence electrons. The van der Waals surface area contributed by atoms with Gasteiger partial charge in [-0.3, -0.25) is 9.59 Å². The summed E-state index contributed by atoms with van der Waals surface area (Å²) in [6.45, 7) is 0.440. The summed E-state index contributed by atoms with van der Waals surface area (Å²) in [6, 6.07) is 13.4. The topological polar surface area (TPSA) is 95.5 Å². The number of carboxylic acids is 1. The molecule has 6 nitrogen and oxygen atoms in total. The van der Waals surface area contributed by atoms with Gasteiger partial charge in [-0.15, -0.1) is 0 Å². The Morgan fingerprint density at radius 2 is 1.38 bits per heavy atom. The lowest BCUT2D eigenvalue weighted by Crippen LogP contribution is -2.27. The predicted octanol–water partition coefficient (Wildman–Crippen LogP) is 2.25. The van der Waals surface area contributed by atoms with Gasteiger partial charge in [0.2, 0.25) is 0 Å². The Kier molecular flexibility index (Phi) is 5.31. The average molecular weight is 352 g/mol. The van der Waals surface area contributed by atoms with Crippen LogP contribution in [0.3, 0.4) is 0 Å². The van der Waals surface area contributed by atoms with Crippen molar-refractivity contribution in [2.45, 2.75) is 25.3 Å². The van der Waals surface area contributed by atoms with Crippen LogP contribution in [-0.4, -0.2) is 35.5 Å². The molecule has 0 aromatic heterocycles. The number of rotatable bonds is 7. The molecule has 0 aliphatic heterocycles. The SMILES string of the molecule is O=C(O)c1ccc(CCNC(=O)c2ccc(C(=O)NC3CC3)cc2)cc1. The second-order valence-corrected chi connectivity index (χ2v) is 6.33. The van der Waals surface area contributed by atoms with E-state index in [1.54, 1.807) is 48.5 Å². The van der Waals surface area contributed by atoms with Gasteiger partial charge in [-0.1, -0.05) is 12.1 Å². The van der Waals surface area contributed by atoms with Crippen molar-refractivity contribution in [1.82, 2.24) is 10.6 Å². The number of carbonyl (C=O) groups excluding carboxylic acids is 2. The van der Waals surface area contributed by atoms with Gasteiger partial charge in [0.1, 0.15) is 0 Å². The van der Waals surface area contributed by atoms with Crippen molar-refractivity contribution in [2.24, 2.45) is 0 Å². The fourth-order valence-corrected chi connectivity index (χ4v) is 2.51. The van der Waals surface area contributed by atoms with Gasteiger partial charge >= 0.3 is 5.97 Å². The highest BCUT2D eigenvalue weighted by molar-refractivity contribution is 5.98. The Morgan fingerprint density at radius 1 is 0.846 bits per heavy atom. The van der Waals surface area contributed by atoms with Crippen molar-refractivity contribution in [3.63, 3.8) is 0 Å². The van der Waals surface area contributed by atoms with Crippen molar-refractivity contribution < 1.29 is 19.5 Å². The van der Waals surface area contributed by atoms with E-state index in [-0.39, 0.29) is 17.4 Å². The molecule has 2 amide bonds. The van der Waals surface area contributed by atoms with Crippen LogP contribution in [0.15, 0.2) is 48.5 Å². The molecule has 0 atom stereocenters. The fourth-order valence-electron chi connectivity index (χ4n) is 2.51. The maximum atomic E-state index is 12.2. The summed E-state index contributed by atoms with van der Waals surface area (Å²) in [5.74, 6) is -1.27. The van der Waals surface area contributed by atoms with Gasteiger partial charge < -0.3 is 15.7 Å². The van der Waals surface area contributed by atoms with E-state index in [4.69, 9.17) is 5.11 Å². The van der Waals surface area contributed by atoms with E-state index in [0.717, 1.165) is 18.4 Å². The first-order valence-corrected chi connectivity index (χ1v) is 8.54. The molecule has 26 heavy (non-hydrogen) atoms. The molecule has 2 aromatic rings. The first-order chi connectivity index (χ1) is 12.5. The number of benzene rings is 2. The summed E-state index contributed by atoms with van der Waals surface area (Å²) in [4.78, 5) is 34.9. The third kappa shape index (κ3) is 4.69. The van der Waals surface area contributed by atoms with Crippen molar-refractivity contribution >= 4 is 17.8 Å². The van der Waals surface area contributed by atoms with Crippen LogP contribution in [0, 0.1) is 0 Å². The van der Waals surface area contributed by atoms with Crippen LogP contribution in [0.2, 0.25) is 0 Å². The Morgan fingerprint density at radius 3 is 1.92 bits per heavy atom. The third-order valence-electron chi connectivity index (χ3n) is 4.22. The molecule has 0 heterocycles. The smallest absolute Gasteiger partial charge is 0.335 e. The number of carbonyl (C=O) groups is 3. The fraction of sp³-hybridized carbons (Fsp3) is 0.250. The number of amides is 2. The molecule has 0 radical (unpaired) electrons. The lowest BCUT2D eigenvalue weighted by molar-refractivity contribution is 0.0696. The molecule has 2 aromatic carbocycles. The van der Waals surface area contributed by atoms with Gasteiger partial charge in [-0.05, 0) is 61.2 Å². The number of aromatic carboxylic acids is 1. The number of carboxylic acid groups (broad SMARTS) is 1. The number of nitrogens with one attached hydrogen (secondary N) is 2. The van der Waals surface area contributed by atoms with E-state index in [1.165, 1.54) is 0 Å². The zero-order chi connectivity index (χ0) is 18.5. The Labute approximate surface area is 151 Å². The summed E-state index contributed by atoms with van der Waals surface area (Å²) in [5.41, 5.74) is 2.23. The highest BCUT2D eigenvalue weighted by Gasteiger charge is 2.23. The van der Waals surface area contributed by atoms with Crippen molar-refractivity contribution in [2.75, 3.05) is 6.54 Å². The van der Waals surface area contributed by atoms with Crippen molar-refractivity contribution in [3.8, 4) is 0 Å². The van der Waals surface area contributed by atoms with Crippen LogP contribution in [0.4, 0.5) is 0 Å². The maximum absolute atomic E-state index is 12.2. The molecule has 1 aliphatic rings. The molecule has 3 N–H and O–H groups in total. The normalized spacial score (nSPS) is 13.1. The molecule has 1 saturated carbocycles. The molecule has 1 fully saturated rings. The number of hydrogen-bond acceptors (Lipinski definition) is 3. The molecule has 6 heteroatoms. The zero-order valence-corrected chi connectivity index (χ0v) is 14.2. The number of hydrogen-bond donors (Lipinski definition) is 3. The first kappa shape index (κ1) is 17.7. The van der Waals surface area contributed by atoms with Gasteiger partial charge in [-0.2, -0.15) is 0 Å². The van der Waals surface area contributed by atoms with Crippen LogP contribution in [0.5, 0.6) is 0 Å². The zero-order valence-electron chi connectivity index (χ0n) is 14.2. The molecule has 1 aliphatic carbocycles. The largest absolute Gasteiger partial charge is 0.478 e. The standard InChI is InChI=1S/C20H20N2O4/c23-18(21-12-11-13-1-3-16(4-2-13)20(25)26)14-5-7-15(8-6-14)19(24)22-17-9-10-17/h1-8,17H,9-12H2,(H,21,23)(H,22,24)(H,25,26). The minimum absolute atomic E-state index is 0.107. The molecular weight excluding hydrogens is 332 g/mol. The van der Waals surface area contributed by atoms with Crippen LogP contribution in [0.1, 0.15) is 49.5 Å². The Hall–Kier alpha value is -3.15. The highest BCUT2D eigenvalue weighted by Crippen LogP contribution is 2.19. The van der Waals surface area contributed by atoms with Gasteiger partial charge in [0.25, 0.3) is 11.8 Å². The van der Waals surface area contributed by atoms with E-state index < -0.39 is 5.97 Å². The molecule has 3 rings (SSSR count).